The van der Waals surface area contributed by atoms with E-state index >= 15 is 0 Å². The summed E-state index contributed by atoms with van der Waals surface area (Å²) >= 11 is 8.29. The summed E-state index contributed by atoms with van der Waals surface area (Å²) in [4.78, 5) is 1.18. The molecule has 1 aliphatic rings. The Balaban J connectivity index is 1.61. The van der Waals surface area contributed by atoms with Crippen LogP contribution in [-0.2, 0) is 5.75 Å². The molecule has 0 unspecified atom stereocenters. The molecule has 0 amide bonds. The van der Waals surface area contributed by atoms with Crippen molar-refractivity contribution >= 4 is 34.3 Å². The molecule has 2 aromatic carbocycles. The Labute approximate surface area is 132 Å². The van der Waals surface area contributed by atoms with E-state index in [0.29, 0.717) is 5.92 Å². The van der Waals surface area contributed by atoms with Gasteiger partial charge in [-0.1, -0.05) is 41.9 Å². The molecule has 0 saturated heterocycles. The van der Waals surface area contributed by atoms with Gasteiger partial charge in [0, 0.05) is 22.0 Å². The first-order valence-electron chi connectivity index (χ1n) is 7.15. The number of hydrogen-bond acceptors (Lipinski definition) is 2. The van der Waals surface area contributed by atoms with Crippen LogP contribution in [0.5, 0.6) is 0 Å². The highest BCUT2D eigenvalue weighted by Crippen LogP contribution is 2.44. The number of H-pyrrole nitrogens is 1. The molecule has 1 aliphatic carbocycles. The lowest BCUT2D eigenvalue weighted by atomic mass is 10.1. The number of halogens is 1. The summed E-state index contributed by atoms with van der Waals surface area (Å²) in [6, 6.07) is 14.7. The minimum atomic E-state index is 0.610. The number of benzene rings is 2. The highest BCUT2D eigenvalue weighted by Gasteiger charge is 2.29. The third-order valence-electron chi connectivity index (χ3n) is 3.83. The Morgan fingerprint density at radius 1 is 1.19 bits per heavy atom. The maximum Gasteiger partial charge on any atom is 0.0746 e. The lowest BCUT2D eigenvalue weighted by molar-refractivity contribution is 0.978. The van der Waals surface area contributed by atoms with Gasteiger partial charge >= 0.3 is 0 Å². The average molecular weight is 315 g/mol. The molecule has 0 spiro atoms. The van der Waals surface area contributed by atoms with Crippen molar-refractivity contribution in [1.29, 1.82) is 0 Å². The monoisotopic (exact) mass is 314 g/mol. The van der Waals surface area contributed by atoms with Gasteiger partial charge in [-0.2, -0.15) is 5.10 Å². The molecule has 0 radical (unpaired) electrons. The first-order chi connectivity index (χ1) is 10.3. The standard InChI is InChI=1S/C17H15ClN2S/c18-14-8-13(21-10-11-4-2-1-3-5-11)9-15-16(14)17(20-19-15)12-6-7-12/h1-5,8-9,12H,6-7,10H2,(H,19,20). The van der Waals surface area contributed by atoms with Gasteiger partial charge in [-0.25, -0.2) is 0 Å². The predicted molar refractivity (Wildman–Crippen MR) is 89.1 cm³/mol. The summed E-state index contributed by atoms with van der Waals surface area (Å²) < 4.78 is 0. The molecular formula is C17H15ClN2S. The molecule has 0 aliphatic heterocycles. The van der Waals surface area contributed by atoms with Crippen molar-refractivity contribution in [1.82, 2.24) is 10.2 Å². The van der Waals surface area contributed by atoms with Crippen LogP contribution in [0, 0.1) is 0 Å². The van der Waals surface area contributed by atoms with E-state index in [0.717, 1.165) is 27.4 Å². The third-order valence-corrected chi connectivity index (χ3v) is 5.17. The number of thioether (sulfide) groups is 1. The highest BCUT2D eigenvalue weighted by atomic mass is 35.5. The van der Waals surface area contributed by atoms with E-state index in [4.69, 9.17) is 11.6 Å². The second kappa shape index (κ2) is 5.39. The zero-order chi connectivity index (χ0) is 14.2. The van der Waals surface area contributed by atoms with Gasteiger partial charge < -0.3 is 0 Å². The summed E-state index contributed by atoms with van der Waals surface area (Å²) in [5.74, 6) is 1.56. The second-order valence-corrected chi connectivity index (χ2v) is 6.94. The number of nitrogens with zero attached hydrogens (tertiary/aromatic N) is 1. The first kappa shape index (κ1) is 13.2. The summed E-state index contributed by atoms with van der Waals surface area (Å²) in [6.45, 7) is 0. The minimum Gasteiger partial charge on any atom is -0.277 e. The van der Waals surface area contributed by atoms with Crippen molar-refractivity contribution in [2.45, 2.75) is 29.4 Å². The molecule has 4 rings (SSSR count). The number of aromatic nitrogens is 2. The smallest absolute Gasteiger partial charge is 0.0746 e. The van der Waals surface area contributed by atoms with Crippen molar-refractivity contribution in [2.24, 2.45) is 0 Å². The van der Waals surface area contributed by atoms with Crippen molar-refractivity contribution < 1.29 is 0 Å². The Morgan fingerprint density at radius 3 is 2.76 bits per heavy atom. The fraction of sp³-hybridized carbons (Fsp3) is 0.235. The van der Waals surface area contributed by atoms with E-state index in [-0.39, 0.29) is 0 Å². The number of aromatic amines is 1. The number of fused-ring (bicyclic) bond motifs is 1. The van der Waals surface area contributed by atoms with Crippen LogP contribution < -0.4 is 0 Å². The zero-order valence-corrected chi connectivity index (χ0v) is 13.0. The molecule has 1 fully saturated rings. The molecule has 106 valence electrons. The average Bonchev–Trinajstić information content (AvgIpc) is 3.26. The highest BCUT2D eigenvalue weighted by molar-refractivity contribution is 7.98. The molecule has 1 aromatic heterocycles. The summed E-state index contributed by atoms with van der Waals surface area (Å²) in [5, 5.41) is 9.53. The normalized spacial score (nSPS) is 14.7. The quantitative estimate of drug-likeness (QED) is 0.654. The van der Waals surface area contributed by atoms with Gasteiger partial charge in [0.05, 0.1) is 16.2 Å². The molecule has 2 nitrogen and oxygen atoms in total. The molecule has 1 N–H and O–H groups in total. The lowest BCUT2D eigenvalue weighted by Crippen LogP contribution is -1.82. The van der Waals surface area contributed by atoms with Gasteiger partial charge in [0.2, 0.25) is 0 Å². The molecular weight excluding hydrogens is 300 g/mol. The Kier molecular flexibility index (Phi) is 3.40. The van der Waals surface area contributed by atoms with Gasteiger partial charge in [-0.05, 0) is 30.5 Å². The largest absolute Gasteiger partial charge is 0.277 e. The zero-order valence-electron chi connectivity index (χ0n) is 11.5. The topological polar surface area (TPSA) is 28.7 Å². The summed E-state index contributed by atoms with van der Waals surface area (Å²) in [7, 11) is 0. The molecule has 1 heterocycles. The SMILES string of the molecule is Clc1cc(SCc2ccccc2)cc2[nH]nc(C3CC3)c12. The minimum absolute atomic E-state index is 0.610. The Bertz CT molecular complexity index is 778. The van der Waals surface area contributed by atoms with Gasteiger partial charge in [-0.15, -0.1) is 11.8 Å². The van der Waals surface area contributed by atoms with Crippen molar-refractivity contribution in [3.63, 3.8) is 0 Å². The fourth-order valence-electron chi connectivity index (χ4n) is 2.58. The van der Waals surface area contributed by atoms with Crippen molar-refractivity contribution in [3.05, 3.63) is 58.7 Å². The first-order valence-corrected chi connectivity index (χ1v) is 8.52. The van der Waals surface area contributed by atoms with Crippen LogP contribution in [0.2, 0.25) is 5.02 Å². The van der Waals surface area contributed by atoms with Crippen LogP contribution in [0.25, 0.3) is 10.9 Å². The van der Waals surface area contributed by atoms with E-state index in [9.17, 15) is 0 Å². The molecule has 4 heteroatoms. The van der Waals surface area contributed by atoms with E-state index in [1.165, 1.54) is 23.3 Å². The molecule has 0 atom stereocenters. The molecule has 1 saturated carbocycles. The van der Waals surface area contributed by atoms with Gasteiger partial charge in [0.25, 0.3) is 0 Å². The van der Waals surface area contributed by atoms with Crippen LogP contribution in [0.1, 0.15) is 30.0 Å². The number of rotatable bonds is 4. The van der Waals surface area contributed by atoms with E-state index in [1.807, 2.05) is 6.07 Å². The summed E-state index contributed by atoms with van der Waals surface area (Å²) in [6.07, 6.45) is 2.47. The van der Waals surface area contributed by atoms with Crippen LogP contribution >= 0.6 is 23.4 Å². The Hall–Kier alpha value is -1.45. The molecule has 0 bridgehead atoms. The second-order valence-electron chi connectivity index (χ2n) is 5.49. The van der Waals surface area contributed by atoms with Crippen molar-refractivity contribution in [3.8, 4) is 0 Å². The Morgan fingerprint density at radius 2 is 2.00 bits per heavy atom. The molecule has 3 aromatic rings. The summed E-state index contributed by atoms with van der Waals surface area (Å²) in [5.41, 5.74) is 3.52. The lowest BCUT2D eigenvalue weighted by Gasteiger charge is -2.04. The fourth-order valence-corrected chi connectivity index (χ4v) is 3.89. The maximum absolute atomic E-state index is 6.49. The predicted octanol–water partition coefficient (Wildman–Crippen LogP) is 5.39. The third kappa shape index (κ3) is 2.68. The number of nitrogens with one attached hydrogen (secondary N) is 1. The van der Waals surface area contributed by atoms with Crippen LogP contribution in [0.4, 0.5) is 0 Å². The van der Waals surface area contributed by atoms with E-state index in [1.54, 1.807) is 11.8 Å². The number of hydrogen-bond donors (Lipinski definition) is 1. The van der Waals surface area contributed by atoms with Gasteiger partial charge in [-0.3, -0.25) is 5.10 Å². The van der Waals surface area contributed by atoms with Crippen molar-refractivity contribution in [2.75, 3.05) is 0 Å². The van der Waals surface area contributed by atoms with Gasteiger partial charge in [0.15, 0.2) is 0 Å². The van der Waals surface area contributed by atoms with Crippen LogP contribution in [-0.4, -0.2) is 10.2 Å². The van der Waals surface area contributed by atoms with Gasteiger partial charge in [0.1, 0.15) is 0 Å². The maximum atomic E-state index is 6.49. The van der Waals surface area contributed by atoms with E-state index < -0.39 is 0 Å². The van der Waals surface area contributed by atoms with E-state index in [2.05, 4.69) is 46.6 Å². The molecule has 21 heavy (non-hydrogen) atoms. The van der Waals surface area contributed by atoms with Crippen LogP contribution in [0.15, 0.2) is 47.4 Å². The van der Waals surface area contributed by atoms with Crippen LogP contribution in [0.3, 0.4) is 0 Å².